The predicted octanol–water partition coefficient (Wildman–Crippen LogP) is 2.07. The molecule has 0 saturated heterocycles. The third-order valence-corrected chi connectivity index (χ3v) is 1.97. The maximum atomic E-state index is 8.96. The molecule has 0 amide bonds. The molecule has 2 heteroatoms. The van der Waals surface area contributed by atoms with Crippen molar-refractivity contribution in [1.29, 1.82) is 0 Å². The van der Waals surface area contributed by atoms with Crippen LogP contribution in [0.3, 0.4) is 0 Å². The summed E-state index contributed by atoms with van der Waals surface area (Å²) in [7, 11) is 0. The van der Waals surface area contributed by atoms with Gasteiger partial charge in [-0.3, -0.25) is 0 Å². The molecule has 1 N–H and O–H groups in total. The lowest BCUT2D eigenvalue weighted by Crippen LogP contribution is -1.57. The van der Waals surface area contributed by atoms with Crippen molar-refractivity contribution in [2.75, 3.05) is 0 Å². The molecular formula is C6H8OS. The molecule has 0 aliphatic rings. The van der Waals surface area contributed by atoms with Gasteiger partial charge in [-0.2, -0.15) is 0 Å². The minimum absolute atomic E-state index is 0.447. The molecular weight excluding hydrogens is 120 g/mol. The van der Waals surface area contributed by atoms with Gasteiger partial charge in [0.05, 0.1) is 0 Å². The van der Waals surface area contributed by atoms with Crippen LogP contribution in [0.25, 0.3) is 0 Å². The summed E-state index contributed by atoms with van der Waals surface area (Å²) in [5.74, 6) is 0. The van der Waals surface area contributed by atoms with E-state index >= 15 is 0 Å². The van der Waals surface area contributed by atoms with Crippen LogP contribution in [0.15, 0.2) is 6.07 Å². The smallest absolute Gasteiger partial charge is 0.174 e. The summed E-state index contributed by atoms with van der Waals surface area (Å²) in [6.45, 7) is 3.89. The quantitative estimate of drug-likeness (QED) is 0.567. The predicted molar refractivity (Wildman–Crippen MR) is 35.5 cm³/mol. The van der Waals surface area contributed by atoms with Crippen molar-refractivity contribution in [3.05, 3.63) is 16.5 Å². The fourth-order valence-electron chi connectivity index (χ4n) is 0.629. The van der Waals surface area contributed by atoms with E-state index in [0.29, 0.717) is 5.06 Å². The molecule has 0 fully saturated rings. The van der Waals surface area contributed by atoms with Crippen molar-refractivity contribution in [3.8, 4) is 5.06 Å². The summed E-state index contributed by atoms with van der Waals surface area (Å²) in [5, 5.41) is 9.41. The fourth-order valence-corrected chi connectivity index (χ4v) is 1.39. The number of hydrogen-bond donors (Lipinski definition) is 1. The third kappa shape index (κ3) is 0.842. The first-order chi connectivity index (χ1) is 3.70. The summed E-state index contributed by atoms with van der Waals surface area (Å²) in [6.07, 6.45) is 0. The van der Waals surface area contributed by atoms with E-state index in [4.69, 9.17) is 5.11 Å². The van der Waals surface area contributed by atoms with E-state index in [1.165, 1.54) is 16.2 Å². The minimum atomic E-state index is 0.447. The summed E-state index contributed by atoms with van der Waals surface area (Å²) < 4.78 is 0. The summed E-state index contributed by atoms with van der Waals surface area (Å²) in [4.78, 5) is 1.17. The van der Waals surface area contributed by atoms with Crippen LogP contribution >= 0.6 is 11.3 Å². The molecule has 1 aromatic heterocycles. The van der Waals surface area contributed by atoms with Crippen LogP contribution in [0, 0.1) is 13.8 Å². The highest BCUT2D eigenvalue weighted by Gasteiger charge is 1.96. The number of aromatic hydroxyl groups is 1. The van der Waals surface area contributed by atoms with E-state index in [1.807, 2.05) is 19.9 Å². The van der Waals surface area contributed by atoms with Gasteiger partial charge in [0, 0.05) is 10.4 Å². The Bertz CT molecular complexity index is 171. The molecule has 0 bridgehead atoms. The fraction of sp³-hybridized carbons (Fsp3) is 0.333. The average molecular weight is 128 g/mol. The Morgan fingerprint density at radius 3 is 2.25 bits per heavy atom. The second kappa shape index (κ2) is 1.78. The standard InChI is InChI=1S/C6H8OS/c1-4-3-5(2)8-6(4)7/h3,7H,1-2H3. The maximum absolute atomic E-state index is 8.96. The molecule has 1 nitrogen and oxygen atoms in total. The highest BCUT2D eigenvalue weighted by molar-refractivity contribution is 7.13. The Hall–Kier alpha value is -0.500. The van der Waals surface area contributed by atoms with Gasteiger partial charge in [0.1, 0.15) is 0 Å². The van der Waals surface area contributed by atoms with E-state index in [0.717, 1.165) is 5.56 Å². The van der Waals surface area contributed by atoms with Crippen LogP contribution in [0.1, 0.15) is 10.4 Å². The van der Waals surface area contributed by atoms with E-state index in [2.05, 4.69) is 0 Å². The lowest BCUT2D eigenvalue weighted by Gasteiger charge is -1.79. The van der Waals surface area contributed by atoms with Gasteiger partial charge in [-0.05, 0) is 19.9 Å². The zero-order valence-electron chi connectivity index (χ0n) is 4.93. The van der Waals surface area contributed by atoms with Crippen LogP contribution < -0.4 is 0 Å². The average Bonchev–Trinajstić information content (AvgIpc) is 1.85. The van der Waals surface area contributed by atoms with Crippen molar-refractivity contribution in [3.63, 3.8) is 0 Å². The van der Waals surface area contributed by atoms with Crippen LogP contribution in [0.2, 0.25) is 0 Å². The third-order valence-electron chi connectivity index (χ3n) is 1.01. The lowest BCUT2D eigenvalue weighted by molar-refractivity contribution is 0.487. The van der Waals surface area contributed by atoms with Crippen molar-refractivity contribution in [1.82, 2.24) is 0 Å². The Labute approximate surface area is 52.6 Å². The highest BCUT2D eigenvalue weighted by Crippen LogP contribution is 2.26. The molecule has 1 aromatic rings. The second-order valence-electron chi connectivity index (χ2n) is 1.85. The van der Waals surface area contributed by atoms with Crippen molar-refractivity contribution in [2.24, 2.45) is 0 Å². The first-order valence-corrected chi connectivity index (χ1v) is 3.28. The lowest BCUT2D eigenvalue weighted by atomic mass is 10.3. The summed E-state index contributed by atoms with van der Waals surface area (Å²) in [6, 6.07) is 1.97. The van der Waals surface area contributed by atoms with E-state index in [1.54, 1.807) is 0 Å². The monoisotopic (exact) mass is 128 g/mol. The second-order valence-corrected chi connectivity index (χ2v) is 3.08. The molecule has 0 aliphatic heterocycles. The molecule has 1 rings (SSSR count). The Balaban J connectivity index is 3.14. The molecule has 0 spiro atoms. The van der Waals surface area contributed by atoms with Gasteiger partial charge in [-0.1, -0.05) is 0 Å². The molecule has 0 saturated carbocycles. The Kier molecular flexibility index (Phi) is 1.26. The summed E-state index contributed by atoms with van der Waals surface area (Å²) in [5.41, 5.74) is 0.979. The zero-order valence-corrected chi connectivity index (χ0v) is 5.75. The van der Waals surface area contributed by atoms with Crippen LogP contribution in [-0.2, 0) is 0 Å². The van der Waals surface area contributed by atoms with Gasteiger partial charge in [0.25, 0.3) is 0 Å². The van der Waals surface area contributed by atoms with Gasteiger partial charge in [0.2, 0.25) is 0 Å². The van der Waals surface area contributed by atoms with E-state index < -0.39 is 0 Å². The van der Waals surface area contributed by atoms with Crippen LogP contribution in [0.4, 0.5) is 0 Å². The maximum Gasteiger partial charge on any atom is 0.174 e. The zero-order chi connectivity index (χ0) is 6.15. The minimum Gasteiger partial charge on any atom is -0.499 e. The van der Waals surface area contributed by atoms with Gasteiger partial charge in [-0.15, -0.1) is 11.3 Å². The van der Waals surface area contributed by atoms with Crippen LogP contribution in [-0.4, -0.2) is 5.11 Å². The molecule has 44 valence electrons. The van der Waals surface area contributed by atoms with Crippen LogP contribution in [0.5, 0.6) is 5.06 Å². The molecule has 0 radical (unpaired) electrons. The first-order valence-electron chi connectivity index (χ1n) is 2.46. The number of thiophene rings is 1. The largest absolute Gasteiger partial charge is 0.499 e. The van der Waals surface area contributed by atoms with Gasteiger partial charge >= 0.3 is 0 Å². The number of rotatable bonds is 0. The number of hydrogen-bond acceptors (Lipinski definition) is 2. The SMILES string of the molecule is Cc1cc(C)c(O)s1. The van der Waals surface area contributed by atoms with Crippen molar-refractivity contribution in [2.45, 2.75) is 13.8 Å². The van der Waals surface area contributed by atoms with Gasteiger partial charge in [-0.25, -0.2) is 0 Å². The molecule has 1 heterocycles. The van der Waals surface area contributed by atoms with Crippen molar-refractivity contribution >= 4 is 11.3 Å². The Morgan fingerprint density at radius 1 is 1.50 bits per heavy atom. The van der Waals surface area contributed by atoms with E-state index in [-0.39, 0.29) is 0 Å². The molecule has 0 aromatic carbocycles. The number of aryl methyl sites for hydroxylation is 2. The first kappa shape index (κ1) is 5.63. The van der Waals surface area contributed by atoms with Gasteiger partial charge in [0.15, 0.2) is 5.06 Å². The Morgan fingerprint density at radius 2 is 2.12 bits per heavy atom. The highest BCUT2D eigenvalue weighted by atomic mass is 32.1. The topological polar surface area (TPSA) is 20.2 Å². The normalized spacial score (nSPS) is 9.75. The van der Waals surface area contributed by atoms with Gasteiger partial charge < -0.3 is 5.11 Å². The van der Waals surface area contributed by atoms with E-state index in [9.17, 15) is 0 Å². The molecule has 8 heavy (non-hydrogen) atoms. The molecule has 0 atom stereocenters. The van der Waals surface area contributed by atoms with Crippen molar-refractivity contribution < 1.29 is 5.11 Å². The molecule has 0 aliphatic carbocycles. The molecule has 0 unspecified atom stereocenters. The summed E-state index contributed by atoms with van der Waals surface area (Å²) >= 11 is 1.42.